The van der Waals surface area contributed by atoms with Crippen molar-refractivity contribution in [2.75, 3.05) is 0 Å². The summed E-state index contributed by atoms with van der Waals surface area (Å²) in [4.78, 5) is 0. The number of unbranched alkanes of at least 4 members (excludes halogenated alkanes) is 1. The molecule has 0 atom stereocenters. The lowest BCUT2D eigenvalue weighted by Crippen LogP contribution is -1.97. The number of rotatable bonds is 7. The van der Waals surface area contributed by atoms with Crippen molar-refractivity contribution < 1.29 is 0 Å². The smallest absolute Gasteiger partial charge is 0.0213 e. The van der Waals surface area contributed by atoms with Gasteiger partial charge in [0.05, 0.1) is 0 Å². The SMILES string of the molecule is C=C.C=C/C=C\C=C(\c1ccc(C)c(CCCC)c1)C(C)C.CC. The average Bonchev–Trinajstić information content (AvgIpc) is 2.61. The van der Waals surface area contributed by atoms with Crippen molar-refractivity contribution in [1.29, 1.82) is 0 Å². The first kappa shape index (κ1) is 24.4. The molecule has 0 bridgehead atoms. The minimum Gasteiger partial charge on any atom is -0.106 e. The van der Waals surface area contributed by atoms with Crippen LogP contribution in [0.5, 0.6) is 0 Å². The molecule has 0 unspecified atom stereocenters. The van der Waals surface area contributed by atoms with Crippen molar-refractivity contribution in [2.24, 2.45) is 5.92 Å². The van der Waals surface area contributed by atoms with Crippen molar-refractivity contribution >= 4 is 5.57 Å². The van der Waals surface area contributed by atoms with Gasteiger partial charge in [-0.1, -0.05) is 90.1 Å². The van der Waals surface area contributed by atoms with E-state index in [-0.39, 0.29) is 0 Å². The van der Waals surface area contributed by atoms with E-state index in [2.05, 4.69) is 77.8 Å². The maximum absolute atomic E-state index is 3.72. The Labute approximate surface area is 151 Å². The average molecular weight is 327 g/mol. The molecule has 0 aliphatic heterocycles. The Bertz CT molecular complexity index is 501. The van der Waals surface area contributed by atoms with Crippen LogP contribution >= 0.6 is 0 Å². The molecule has 1 aromatic rings. The summed E-state index contributed by atoms with van der Waals surface area (Å²) >= 11 is 0. The molecule has 0 amide bonds. The Kier molecular flexibility index (Phi) is 16.3. The molecule has 0 aromatic heterocycles. The first-order chi connectivity index (χ1) is 11.6. The fourth-order valence-electron chi connectivity index (χ4n) is 2.35. The topological polar surface area (TPSA) is 0 Å². The molecule has 0 fully saturated rings. The Hall–Kier alpha value is -1.82. The van der Waals surface area contributed by atoms with Crippen LogP contribution in [0, 0.1) is 12.8 Å². The van der Waals surface area contributed by atoms with Crippen molar-refractivity contribution in [1.82, 2.24) is 0 Å². The number of benzene rings is 1. The van der Waals surface area contributed by atoms with Crippen LogP contribution < -0.4 is 0 Å². The molecule has 134 valence electrons. The summed E-state index contributed by atoms with van der Waals surface area (Å²) in [6.45, 7) is 22.7. The summed E-state index contributed by atoms with van der Waals surface area (Å²) in [5.41, 5.74) is 5.64. The second-order valence-corrected chi connectivity index (χ2v) is 5.64. The quantitative estimate of drug-likeness (QED) is 0.352. The molecule has 1 rings (SSSR count). The molecule has 0 saturated carbocycles. The van der Waals surface area contributed by atoms with Gasteiger partial charge in [-0.2, -0.15) is 0 Å². The largest absolute Gasteiger partial charge is 0.106 e. The van der Waals surface area contributed by atoms with Gasteiger partial charge in [-0.15, -0.1) is 13.2 Å². The molecule has 0 saturated heterocycles. The predicted octanol–water partition coefficient (Wildman–Crippen LogP) is 7.95. The maximum Gasteiger partial charge on any atom is -0.0213 e. The monoisotopic (exact) mass is 326 g/mol. The van der Waals surface area contributed by atoms with Gasteiger partial charge in [-0.05, 0) is 47.9 Å². The van der Waals surface area contributed by atoms with E-state index in [0.717, 1.165) is 0 Å². The molecular formula is C24H38. The van der Waals surface area contributed by atoms with Gasteiger partial charge in [0, 0.05) is 0 Å². The van der Waals surface area contributed by atoms with Gasteiger partial charge >= 0.3 is 0 Å². The maximum atomic E-state index is 3.72. The number of hydrogen-bond acceptors (Lipinski definition) is 0. The van der Waals surface area contributed by atoms with E-state index in [1.54, 1.807) is 0 Å². The van der Waals surface area contributed by atoms with Crippen LogP contribution in [0.4, 0.5) is 0 Å². The number of hydrogen-bond donors (Lipinski definition) is 0. The molecule has 0 aliphatic rings. The molecule has 0 aliphatic carbocycles. The highest BCUT2D eigenvalue weighted by atomic mass is 14.1. The van der Waals surface area contributed by atoms with Crippen LogP contribution in [0.1, 0.15) is 64.2 Å². The summed E-state index contributed by atoms with van der Waals surface area (Å²) < 4.78 is 0. The lowest BCUT2D eigenvalue weighted by Gasteiger charge is -2.14. The molecule has 0 nitrogen and oxygen atoms in total. The second-order valence-electron chi connectivity index (χ2n) is 5.64. The second kappa shape index (κ2) is 16.1. The first-order valence-electron chi connectivity index (χ1n) is 9.19. The van der Waals surface area contributed by atoms with E-state index < -0.39 is 0 Å². The highest BCUT2D eigenvalue weighted by molar-refractivity contribution is 5.69. The van der Waals surface area contributed by atoms with E-state index >= 15 is 0 Å². The Morgan fingerprint density at radius 3 is 2.25 bits per heavy atom. The molecule has 0 N–H and O–H groups in total. The number of aryl methyl sites for hydroxylation is 2. The zero-order valence-electron chi connectivity index (χ0n) is 16.9. The van der Waals surface area contributed by atoms with Gasteiger partial charge in [-0.25, -0.2) is 0 Å². The third kappa shape index (κ3) is 9.35. The highest BCUT2D eigenvalue weighted by Gasteiger charge is 2.08. The van der Waals surface area contributed by atoms with Crippen molar-refractivity contribution in [2.45, 2.75) is 60.8 Å². The predicted molar refractivity (Wildman–Crippen MR) is 115 cm³/mol. The summed E-state index contributed by atoms with van der Waals surface area (Å²) in [5.74, 6) is 0.520. The van der Waals surface area contributed by atoms with Crippen LogP contribution in [-0.4, -0.2) is 0 Å². The van der Waals surface area contributed by atoms with Crippen LogP contribution in [0.15, 0.2) is 62.2 Å². The van der Waals surface area contributed by atoms with E-state index in [9.17, 15) is 0 Å². The molecule has 0 heteroatoms. The minimum atomic E-state index is 0.520. The fourth-order valence-corrected chi connectivity index (χ4v) is 2.35. The van der Waals surface area contributed by atoms with E-state index in [1.165, 1.54) is 41.5 Å². The first-order valence-corrected chi connectivity index (χ1v) is 9.19. The standard InChI is InChI=1S/C20H28.C2H6.C2H4/c1-6-8-10-12-20(16(3)4)19-14-13-17(5)18(15-19)11-9-7-2;2*1-2/h6,8,10,12-16H,1,7,9,11H2,2-5H3;1-2H3;1-2H2/b10-8-,20-12+;;. The van der Waals surface area contributed by atoms with Crippen LogP contribution in [-0.2, 0) is 6.42 Å². The lowest BCUT2D eigenvalue weighted by atomic mass is 9.91. The van der Waals surface area contributed by atoms with Gasteiger partial charge in [0.1, 0.15) is 0 Å². The molecule has 0 heterocycles. The summed E-state index contributed by atoms with van der Waals surface area (Å²) in [6.07, 6.45) is 11.8. The summed E-state index contributed by atoms with van der Waals surface area (Å²) in [6, 6.07) is 6.88. The molecule has 1 aromatic carbocycles. The van der Waals surface area contributed by atoms with Crippen LogP contribution in [0.25, 0.3) is 5.57 Å². The highest BCUT2D eigenvalue weighted by Crippen LogP contribution is 2.26. The van der Waals surface area contributed by atoms with E-state index in [0.29, 0.717) is 5.92 Å². The van der Waals surface area contributed by atoms with E-state index in [4.69, 9.17) is 0 Å². The van der Waals surface area contributed by atoms with Crippen LogP contribution in [0.2, 0.25) is 0 Å². The molecule has 0 spiro atoms. The normalized spacial score (nSPS) is 10.7. The Morgan fingerprint density at radius 1 is 1.12 bits per heavy atom. The van der Waals surface area contributed by atoms with Gasteiger partial charge in [0.25, 0.3) is 0 Å². The van der Waals surface area contributed by atoms with Crippen molar-refractivity contribution in [3.63, 3.8) is 0 Å². The molecular weight excluding hydrogens is 288 g/mol. The van der Waals surface area contributed by atoms with Crippen LogP contribution in [0.3, 0.4) is 0 Å². The van der Waals surface area contributed by atoms with Gasteiger partial charge in [0.15, 0.2) is 0 Å². The summed E-state index contributed by atoms with van der Waals surface area (Å²) in [7, 11) is 0. The fraction of sp³-hybridized carbons (Fsp3) is 0.417. The lowest BCUT2D eigenvalue weighted by molar-refractivity contribution is 0.790. The van der Waals surface area contributed by atoms with Gasteiger partial charge < -0.3 is 0 Å². The minimum absolute atomic E-state index is 0.520. The molecule has 0 radical (unpaired) electrons. The number of allylic oxidation sites excluding steroid dienone is 5. The van der Waals surface area contributed by atoms with Gasteiger partial charge in [-0.3, -0.25) is 0 Å². The summed E-state index contributed by atoms with van der Waals surface area (Å²) in [5, 5.41) is 0. The zero-order chi connectivity index (χ0) is 19.0. The Morgan fingerprint density at radius 2 is 1.75 bits per heavy atom. The van der Waals surface area contributed by atoms with E-state index in [1.807, 2.05) is 26.0 Å². The van der Waals surface area contributed by atoms with Crippen molar-refractivity contribution in [3.8, 4) is 0 Å². The zero-order valence-corrected chi connectivity index (χ0v) is 16.9. The van der Waals surface area contributed by atoms with Gasteiger partial charge in [0.2, 0.25) is 0 Å². The third-order valence-electron chi connectivity index (χ3n) is 3.63. The van der Waals surface area contributed by atoms with Crippen molar-refractivity contribution in [3.05, 3.63) is 78.9 Å². The Balaban J connectivity index is 0. The third-order valence-corrected chi connectivity index (χ3v) is 3.63. The molecule has 24 heavy (non-hydrogen) atoms.